The molecule has 3 fully saturated rings. The molecule has 300 valence electrons. The highest BCUT2D eigenvalue weighted by atomic mass is 35.5. The number of anilines is 1. The number of nitrogens with zero attached hydrogens (tertiary/aromatic N) is 4. The number of carbonyl (C=O) groups excluding carboxylic acids is 2. The number of carbonyl (C=O) groups is 2. The summed E-state index contributed by atoms with van der Waals surface area (Å²) in [6.07, 6.45) is 7.76. The van der Waals surface area contributed by atoms with Gasteiger partial charge in [-0.15, -0.1) is 10.2 Å². The lowest BCUT2D eigenvalue weighted by Crippen LogP contribution is -2.64. The van der Waals surface area contributed by atoms with Crippen LogP contribution < -0.4 is 10.6 Å². The van der Waals surface area contributed by atoms with Gasteiger partial charge in [-0.1, -0.05) is 110 Å². The van der Waals surface area contributed by atoms with E-state index in [0.29, 0.717) is 40.6 Å². The molecule has 4 aliphatic rings. The van der Waals surface area contributed by atoms with Crippen molar-refractivity contribution in [2.24, 2.45) is 5.41 Å². The predicted molar refractivity (Wildman–Crippen MR) is 222 cm³/mol. The first-order chi connectivity index (χ1) is 28.0. The molecule has 3 aromatic carbocycles. The molecule has 3 N–H and O–H groups in total. The second-order valence-electron chi connectivity index (χ2n) is 17.4. The maximum atomic E-state index is 15.9. The van der Waals surface area contributed by atoms with Gasteiger partial charge in [0.1, 0.15) is 10.6 Å². The molecular weight excluding hydrogens is 771 g/mol. The van der Waals surface area contributed by atoms with Crippen LogP contribution in [0.2, 0.25) is 10.2 Å². The molecule has 2 spiro atoms. The standard InChI is InChI=1S/C46H48Cl2N6O4/c1-44(2)20-22-45(23-21-44)46(34-26-49-36(48)25-35(34)52-43(46)57)37(31-14-9-15-32(47)24-31)39(41(56)51-33-18-16-30(17-19-33)42-53-50-27-58-42)54(45)38(28-10-5-3-6-11-28)40(55)29-12-7-4-8-13-29/h3-15,24-27,30,33,37-40,55H,16-23H2,1-2H3,(H,51,56)(H,52,57)/t30?,33?,37-,38+,39+,40-,46?/m0/s1. The fourth-order valence-electron chi connectivity index (χ4n) is 11.1. The van der Waals surface area contributed by atoms with Gasteiger partial charge in [0.2, 0.25) is 24.1 Å². The summed E-state index contributed by atoms with van der Waals surface area (Å²) in [6.45, 7) is 4.54. The number of aliphatic hydroxyl groups is 1. The first-order valence-corrected chi connectivity index (χ1v) is 21.1. The smallest absolute Gasteiger partial charge is 0.238 e. The Balaban J connectivity index is 1.29. The summed E-state index contributed by atoms with van der Waals surface area (Å²) in [5.41, 5.74) is 1.24. The summed E-state index contributed by atoms with van der Waals surface area (Å²) in [5, 5.41) is 28.5. The van der Waals surface area contributed by atoms with Gasteiger partial charge in [-0.05, 0) is 91.7 Å². The highest BCUT2D eigenvalue weighted by Crippen LogP contribution is 2.69. The number of hydrogen-bond acceptors (Lipinski definition) is 8. The number of pyridine rings is 1. The molecule has 5 atom stereocenters. The third kappa shape index (κ3) is 6.44. The van der Waals surface area contributed by atoms with Crippen LogP contribution in [0.25, 0.3) is 0 Å². The minimum absolute atomic E-state index is 0.0303. The topological polar surface area (TPSA) is 133 Å². The van der Waals surface area contributed by atoms with Gasteiger partial charge in [0.05, 0.1) is 18.2 Å². The Labute approximate surface area is 348 Å². The van der Waals surface area contributed by atoms with Gasteiger partial charge >= 0.3 is 0 Å². The number of halogens is 2. The Kier molecular flexibility index (Phi) is 10.2. The van der Waals surface area contributed by atoms with Crippen molar-refractivity contribution < 1.29 is 19.1 Å². The van der Waals surface area contributed by atoms with Gasteiger partial charge in [0.15, 0.2) is 0 Å². The van der Waals surface area contributed by atoms with Gasteiger partial charge in [-0.3, -0.25) is 14.5 Å². The van der Waals surface area contributed by atoms with Gasteiger partial charge in [-0.25, -0.2) is 4.98 Å². The molecule has 2 aliphatic heterocycles. The molecule has 1 unspecified atom stereocenters. The Morgan fingerprint density at radius 1 is 0.914 bits per heavy atom. The van der Waals surface area contributed by atoms with E-state index >= 15 is 9.59 Å². The number of amides is 2. The molecular formula is C46H48Cl2N6O4. The Hall–Kier alpha value is -4.61. The van der Waals surface area contributed by atoms with Crippen molar-refractivity contribution in [3.05, 3.63) is 142 Å². The number of rotatable bonds is 8. The Bertz CT molecular complexity index is 2270. The molecule has 12 heteroatoms. The summed E-state index contributed by atoms with van der Waals surface area (Å²) in [7, 11) is 0. The average molecular weight is 820 g/mol. The van der Waals surface area contributed by atoms with Gasteiger partial charge < -0.3 is 20.2 Å². The van der Waals surface area contributed by atoms with E-state index in [1.807, 2.05) is 84.9 Å². The Morgan fingerprint density at radius 2 is 1.60 bits per heavy atom. The van der Waals surface area contributed by atoms with E-state index in [9.17, 15) is 5.11 Å². The predicted octanol–water partition coefficient (Wildman–Crippen LogP) is 9.09. The number of aliphatic hydroxyl groups excluding tert-OH is 1. The van der Waals surface area contributed by atoms with E-state index in [4.69, 9.17) is 27.6 Å². The first-order valence-electron chi connectivity index (χ1n) is 20.4. The zero-order chi connectivity index (χ0) is 40.2. The van der Waals surface area contributed by atoms with E-state index in [-0.39, 0.29) is 34.3 Å². The summed E-state index contributed by atoms with van der Waals surface area (Å²) in [6, 6.07) is 27.1. The molecule has 0 bridgehead atoms. The molecule has 2 amide bonds. The molecule has 0 radical (unpaired) electrons. The number of fused-ring (bicyclic) bond motifs is 3. The van der Waals surface area contributed by atoms with Gasteiger partial charge in [0, 0.05) is 45.9 Å². The van der Waals surface area contributed by atoms with Crippen LogP contribution in [0.4, 0.5) is 5.69 Å². The van der Waals surface area contributed by atoms with Crippen LogP contribution in [-0.2, 0) is 15.0 Å². The summed E-state index contributed by atoms with van der Waals surface area (Å²) < 4.78 is 5.56. The number of likely N-dealkylation sites (tertiary alicyclic amines) is 1. The van der Waals surface area contributed by atoms with Crippen molar-refractivity contribution in [1.82, 2.24) is 25.4 Å². The van der Waals surface area contributed by atoms with Crippen molar-refractivity contribution in [2.75, 3.05) is 5.32 Å². The SMILES string of the molecule is CC1(C)CCC2(CC1)N([C@H](c1ccccc1)[C@@H](O)c1ccccc1)[C@@H](C(=O)NC1CCC(c3nnco3)CC1)[C@H](c1cccc(Cl)c1)C21C(=O)Nc2cc(Cl)ncc21. The largest absolute Gasteiger partial charge is 0.428 e. The van der Waals surface area contributed by atoms with Crippen molar-refractivity contribution in [3.8, 4) is 0 Å². The fraction of sp³-hybridized carbons (Fsp3) is 0.413. The second kappa shape index (κ2) is 15.2. The maximum absolute atomic E-state index is 15.9. The van der Waals surface area contributed by atoms with Crippen LogP contribution in [0.3, 0.4) is 0 Å². The van der Waals surface area contributed by atoms with Crippen molar-refractivity contribution in [1.29, 1.82) is 0 Å². The third-order valence-electron chi connectivity index (χ3n) is 13.8. The number of benzene rings is 3. The lowest BCUT2D eigenvalue weighted by atomic mass is 9.53. The quantitative estimate of drug-likeness (QED) is 0.132. The second-order valence-corrected chi connectivity index (χ2v) is 18.3. The van der Waals surface area contributed by atoms with E-state index < -0.39 is 35.1 Å². The van der Waals surface area contributed by atoms with Crippen LogP contribution in [0.1, 0.15) is 117 Å². The summed E-state index contributed by atoms with van der Waals surface area (Å²) >= 11 is 13.4. The highest BCUT2D eigenvalue weighted by Gasteiger charge is 2.77. The average Bonchev–Trinajstić information content (AvgIpc) is 3.93. The fourth-order valence-corrected chi connectivity index (χ4v) is 11.4. The van der Waals surface area contributed by atoms with Gasteiger partial charge in [0.25, 0.3) is 0 Å². The molecule has 9 rings (SSSR count). The number of nitrogens with one attached hydrogen (secondary N) is 2. The van der Waals surface area contributed by atoms with Gasteiger partial charge in [-0.2, -0.15) is 0 Å². The summed E-state index contributed by atoms with van der Waals surface area (Å²) in [4.78, 5) is 38.5. The van der Waals surface area contributed by atoms with E-state index in [0.717, 1.165) is 49.7 Å². The van der Waals surface area contributed by atoms with Crippen molar-refractivity contribution in [2.45, 2.75) is 112 Å². The van der Waals surface area contributed by atoms with Crippen LogP contribution in [0.5, 0.6) is 0 Å². The van der Waals surface area contributed by atoms with Crippen LogP contribution in [0.15, 0.2) is 108 Å². The zero-order valence-corrected chi connectivity index (χ0v) is 34.2. The maximum Gasteiger partial charge on any atom is 0.238 e. The van der Waals surface area contributed by atoms with Crippen molar-refractivity contribution in [3.63, 3.8) is 0 Å². The Morgan fingerprint density at radius 3 is 2.26 bits per heavy atom. The molecule has 10 nitrogen and oxygen atoms in total. The molecule has 2 aromatic heterocycles. The minimum atomic E-state index is -1.35. The first kappa shape index (κ1) is 38.9. The lowest BCUT2D eigenvalue weighted by Gasteiger charge is -2.56. The van der Waals surface area contributed by atoms with Crippen LogP contribution in [-0.4, -0.2) is 54.6 Å². The molecule has 58 heavy (non-hydrogen) atoms. The van der Waals surface area contributed by atoms with Crippen LogP contribution >= 0.6 is 23.2 Å². The minimum Gasteiger partial charge on any atom is -0.428 e. The number of aromatic nitrogens is 3. The summed E-state index contributed by atoms with van der Waals surface area (Å²) in [5.74, 6) is -0.414. The normalized spacial score (nSPS) is 27.2. The molecule has 1 saturated heterocycles. The monoisotopic (exact) mass is 818 g/mol. The molecule has 2 saturated carbocycles. The van der Waals surface area contributed by atoms with E-state index in [2.05, 4.69) is 44.6 Å². The van der Waals surface area contributed by atoms with Crippen molar-refractivity contribution >= 4 is 40.7 Å². The highest BCUT2D eigenvalue weighted by molar-refractivity contribution is 6.30. The third-order valence-corrected chi connectivity index (χ3v) is 14.2. The molecule has 2 aliphatic carbocycles. The molecule has 5 aromatic rings. The number of hydrogen-bond donors (Lipinski definition) is 3. The van der Waals surface area contributed by atoms with E-state index in [1.54, 1.807) is 12.3 Å². The lowest BCUT2D eigenvalue weighted by molar-refractivity contribution is -0.137. The van der Waals surface area contributed by atoms with E-state index in [1.165, 1.54) is 6.39 Å². The molecule has 4 heterocycles. The van der Waals surface area contributed by atoms with Crippen LogP contribution in [0, 0.1) is 5.41 Å². The zero-order valence-electron chi connectivity index (χ0n) is 32.7.